The molecule has 1 aliphatic rings. The molecule has 0 bridgehead atoms. The molecule has 0 heterocycles. The van der Waals surface area contributed by atoms with Crippen molar-refractivity contribution in [2.24, 2.45) is 16.3 Å². The topological polar surface area (TPSA) is 85.2 Å². The number of ether oxygens (including phenoxy) is 2. The maximum absolute atomic E-state index is 12.3. The molecule has 0 saturated heterocycles. The Bertz CT molecular complexity index is 701. The highest BCUT2D eigenvalue weighted by Crippen LogP contribution is 2.41. The van der Waals surface area contributed by atoms with Gasteiger partial charge in [0.25, 0.3) is 0 Å². The highest BCUT2D eigenvalue weighted by Gasteiger charge is 2.46. The van der Waals surface area contributed by atoms with Crippen LogP contribution in [0.2, 0.25) is 0 Å². The van der Waals surface area contributed by atoms with Gasteiger partial charge in [0.1, 0.15) is 17.4 Å². The van der Waals surface area contributed by atoms with Crippen LogP contribution in [0.25, 0.3) is 0 Å². The Labute approximate surface area is 140 Å². The van der Waals surface area contributed by atoms with Gasteiger partial charge in [0.15, 0.2) is 5.78 Å². The Hall–Kier alpha value is -2.63. The van der Waals surface area contributed by atoms with Gasteiger partial charge in [-0.25, -0.2) is 0 Å². The normalized spacial score (nSPS) is 20.3. The summed E-state index contributed by atoms with van der Waals surface area (Å²) in [6, 6.07) is 6.93. The molecule has 6 heteroatoms. The molecule has 0 saturated carbocycles. The van der Waals surface area contributed by atoms with E-state index >= 15 is 0 Å². The summed E-state index contributed by atoms with van der Waals surface area (Å²) in [6.07, 6.45) is 1.42. The van der Waals surface area contributed by atoms with Crippen LogP contribution in [0.3, 0.4) is 0 Å². The van der Waals surface area contributed by atoms with Gasteiger partial charge in [0.2, 0.25) is 0 Å². The molecule has 128 valence electrons. The number of methoxy groups -OCH3 is 2. The summed E-state index contributed by atoms with van der Waals surface area (Å²) in [4.78, 5) is 28.5. The van der Waals surface area contributed by atoms with Crippen LogP contribution in [0, 0.1) is 11.3 Å². The molecule has 0 radical (unpaired) electrons. The van der Waals surface area contributed by atoms with Gasteiger partial charge in [-0.3, -0.25) is 14.6 Å². The minimum Gasteiger partial charge on any atom is -0.511 e. The molecule has 24 heavy (non-hydrogen) atoms. The first-order valence-electron chi connectivity index (χ1n) is 7.52. The summed E-state index contributed by atoms with van der Waals surface area (Å²) in [5.74, 6) is -1.31. The van der Waals surface area contributed by atoms with Crippen LogP contribution in [0.5, 0.6) is 5.75 Å². The molecule has 0 fully saturated rings. The predicted octanol–water partition coefficient (Wildman–Crippen LogP) is 3.00. The van der Waals surface area contributed by atoms with Crippen molar-refractivity contribution in [2.45, 2.75) is 20.3 Å². The first kappa shape index (κ1) is 17.7. The number of aliphatic hydroxyl groups is 1. The molecular formula is C18H21NO5. The fourth-order valence-electron chi connectivity index (χ4n) is 2.77. The van der Waals surface area contributed by atoms with Crippen LogP contribution in [-0.4, -0.2) is 37.3 Å². The van der Waals surface area contributed by atoms with E-state index in [1.165, 1.54) is 13.3 Å². The van der Waals surface area contributed by atoms with Crippen LogP contribution in [0.15, 0.2) is 40.6 Å². The third-order valence-electron chi connectivity index (χ3n) is 4.10. The van der Waals surface area contributed by atoms with Gasteiger partial charge in [-0.2, -0.15) is 0 Å². The molecule has 0 unspecified atom stereocenters. The molecule has 1 atom stereocenters. The number of rotatable bonds is 4. The zero-order chi connectivity index (χ0) is 17.9. The average Bonchev–Trinajstić information content (AvgIpc) is 2.53. The lowest BCUT2D eigenvalue weighted by Crippen LogP contribution is -2.40. The van der Waals surface area contributed by atoms with Crippen LogP contribution in [0.1, 0.15) is 20.3 Å². The monoisotopic (exact) mass is 331 g/mol. The number of allylic oxidation sites excluding steroid dienone is 1. The number of hydrogen-bond acceptors (Lipinski definition) is 6. The molecule has 1 aromatic carbocycles. The summed E-state index contributed by atoms with van der Waals surface area (Å²) >= 11 is 0. The quantitative estimate of drug-likeness (QED) is 0.677. The summed E-state index contributed by atoms with van der Waals surface area (Å²) in [6.45, 7) is 3.50. The van der Waals surface area contributed by atoms with Gasteiger partial charge in [-0.15, -0.1) is 0 Å². The lowest BCUT2D eigenvalue weighted by molar-refractivity contribution is -0.150. The van der Waals surface area contributed by atoms with E-state index in [2.05, 4.69) is 4.99 Å². The number of nitrogens with zero attached hydrogens (tertiary/aromatic N) is 1. The summed E-state index contributed by atoms with van der Waals surface area (Å²) in [5, 5.41) is 10.4. The standard InChI is InChI=1S/C18H21NO5/c1-18(2)9-14(20)13(16(21)15(18)17(22)24-4)10-19-11-5-7-12(23-3)8-6-11/h5-8,10,15,21H,9H2,1-4H3/t15-/m0/s1. The number of aliphatic imine (C=N–C) groups is 1. The van der Waals surface area contributed by atoms with Gasteiger partial charge in [0, 0.05) is 12.6 Å². The van der Waals surface area contributed by atoms with Gasteiger partial charge in [-0.05, 0) is 29.7 Å². The molecule has 6 nitrogen and oxygen atoms in total. The third-order valence-corrected chi connectivity index (χ3v) is 4.10. The number of esters is 1. The number of Topliss-reactive ketones (excluding diaryl/α,β-unsaturated/α-hetero) is 1. The van der Waals surface area contributed by atoms with E-state index in [1.807, 2.05) is 0 Å². The molecule has 1 aliphatic carbocycles. The predicted molar refractivity (Wildman–Crippen MR) is 89.7 cm³/mol. The number of aliphatic hydroxyl groups excluding tert-OH is 1. The molecular weight excluding hydrogens is 310 g/mol. The molecule has 0 amide bonds. The minimum absolute atomic E-state index is 0.0422. The Morgan fingerprint density at radius 1 is 1.29 bits per heavy atom. The Kier molecular flexibility index (Phi) is 5.07. The van der Waals surface area contributed by atoms with Crippen molar-refractivity contribution in [3.8, 4) is 5.75 Å². The maximum atomic E-state index is 12.3. The van der Waals surface area contributed by atoms with Gasteiger partial charge >= 0.3 is 5.97 Å². The average molecular weight is 331 g/mol. The number of carbonyl (C=O) groups excluding carboxylic acids is 2. The number of carbonyl (C=O) groups is 2. The van der Waals surface area contributed by atoms with E-state index in [-0.39, 0.29) is 23.5 Å². The number of hydrogen-bond donors (Lipinski definition) is 1. The summed E-state index contributed by atoms with van der Waals surface area (Å²) in [7, 11) is 2.82. The molecule has 0 aliphatic heterocycles. The van der Waals surface area contributed by atoms with Gasteiger partial charge < -0.3 is 14.6 Å². The third kappa shape index (κ3) is 3.48. The first-order valence-corrected chi connectivity index (χ1v) is 7.52. The van der Waals surface area contributed by atoms with Crippen molar-refractivity contribution >= 4 is 23.7 Å². The van der Waals surface area contributed by atoms with Crippen LogP contribution in [0.4, 0.5) is 5.69 Å². The number of benzene rings is 1. The van der Waals surface area contributed by atoms with Crippen molar-refractivity contribution in [3.63, 3.8) is 0 Å². The van der Waals surface area contributed by atoms with Crippen molar-refractivity contribution < 1.29 is 24.2 Å². The molecule has 2 rings (SSSR count). The summed E-state index contributed by atoms with van der Waals surface area (Å²) in [5.41, 5.74) is -0.0741. The second-order valence-electron chi connectivity index (χ2n) is 6.30. The van der Waals surface area contributed by atoms with E-state index in [1.54, 1.807) is 45.2 Å². The van der Waals surface area contributed by atoms with E-state index in [4.69, 9.17) is 9.47 Å². The second kappa shape index (κ2) is 6.86. The highest BCUT2D eigenvalue weighted by molar-refractivity contribution is 6.15. The van der Waals surface area contributed by atoms with Crippen molar-refractivity contribution in [1.82, 2.24) is 0 Å². The smallest absolute Gasteiger partial charge is 0.316 e. The highest BCUT2D eigenvalue weighted by atomic mass is 16.5. The largest absolute Gasteiger partial charge is 0.511 e. The SMILES string of the molecule is COC(=O)[C@@H]1C(O)=C(C=Nc2ccc(OC)cc2)C(=O)CC1(C)C. The molecule has 1 aromatic rings. The molecule has 0 aromatic heterocycles. The second-order valence-corrected chi connectivity index (χ2v) is 6.30. The number of ketones is 1. The summed E-state index contributed by atoms with van der Waals surface area (Å²) < 4.78 is 9.83. The van der Waals surface area contributed by atoms with Crippen molar-refractivity contribution in [2.75, 3.05) is 14.2 Å². The lowest BCUT2D eigenvalue weighted by Gasteiger charge is -2.35. The van der Waals surface area contributed by atoms with Crippen LogP contribution < -0.4 is 4.74 Å². The van der Waals surface area contributed by atoms with E-state index in [9.17, 15) is 14.7 Å². The minimum atomic E-state index is -0.891. The van der Waals surface area contributed by atoms with E-state index in [0.29, 0.717) is 11.4 Å². The van der Waals surface area contributed by atoms with Crippen LogP contribution in [-0.2, 0) is 14.3 Å². The Morgan fingerprint density at radius 3 is 2.46 bits per heavy atom. The fourth-order valence-corrected chi connectivity index (χ4v) is 2.77. The van der Waals surface area contributed by atoms with E-state index in [0.717, 1.165) is 0 Å². The molecule has 1 N–H and O–H groups in total. The Balaban J connectivity index is 2.36. The maximum Gasteiger partial charge on any atom is 0.316 e. The van der Waals surface area contributed by atoms with Crippen molar-refractivity contribution in [1.29, 1.82) is 0 Å². The lowest BCUT2D eigenvalue weighted by atomic mass is 9.68. The Morgan fingerprint density at radius 2 is 1.92 bits per heavy atom. The van der Waals surface area contributed by atoms with Gasteiger partial charge in [0.05, 0.1) is 25.5 Å². The zero-order valence-electron chi connectivity index (χ0n) is 14.2. The molecule has 0 spiro atoms. The van der Waals surface area contributed by atoms with Crippen LogP contribution >= 0.6 is 0 Å². The zero-order valence-corrected chi connectivity index (χ0v) is 14.2. The van der Waals surface area contributed by atoms with Gasteiger partial charge in [-0.1, -0.05) is 13.8 Å². The van der Waals surface area contributed by atoms with Crippen molar-refractivity contribution in [3.05, 3.63) is 35.6 Å². The first-order chi connectivity index (χ1) is 11.3. The fraction of sp³-hybridized carbons (Fsp3) is 0.389. The van der Waals surface area contributed by atoms with E-state index < -0.39 is 17.3 Å².